The van der Waals surface area contributed by atoms with Gasteiger partial charge in [0.15, 0.2) is 0 Å². The van der Waals surface area contributed by atoms with E-state index in [-0.39, 0.29) is 4.90 Å². The average molecular weight is 333 g/mol. The van der Waals surface area contributed by atoms with Crippen molar-refractivity contribution < 1.29 is 8.42 Å². The molecule has 0 unspecified atom stereocenters. The zero-order chi connectivity index (χ0) is 15.7. The van der Waals surface area contributed by atoms with Crippen LogP contribution in [0.2, 0.25) is 5.02 Å². The van der Waals surface area contributed by atoms with Gasteiger partial charge in [-0.2, -0.15) is 0 Å². The van der Waals surface area contributed by atoms with Gasteiger partial charge in [-0.3, -0.25) is 0 Å². The summed E-state index contributed by atoms with van der Waals surface area (Å²) in [5, 5.41) is 3.73. The molecule has 21 heavy (non-hydrogen) atoms. The van der Waals surface area contributed by atoms with Gasteiger partial charge in [0.2, 0.25) is 10.0 Å². The summed E-state index contributed by atoms with van der Waals surface area (Å²) in [7, 11) is -3.45. The minimum atomic E-state index is -3.45. The zero-order valence-corrected chi connectivity index (χ0v) is 14.4. The van der Waals surface area contributed by atoms with E-state index in [1.54, 1.807) is 18.2 Å². The lowest BCUT2D eigenvalue weighted by molar-refractivity contribution is 0.573. The lowest BCUT2D eigenvalue weighted by atomic mass is 10.2. The number of hydrogen-bond donors (Lipinski definition) is 2. The lowest BCUT2D eigenvalue weighted by Crippen LogP contribution is -2.25. The molecule has 0 bridgehead atoms. The third-order valence-electron chi connectivity index (χ3n) is 3.22. The van der Waals surface area contributed by atoms with Crippen LogP contribution < -0.4 is 10.0 Å². The second kappa shape index (κ2) is 9.41. The molecule has 1 aromatic carbocycles. The van der Waals surface area contributed by atoms with Crippen LogP contribution in [0.4, 0.5) is 0 Å². The van der Waals surface area contributed by atoms with E-state index in [0.29, 0.717) is 18.1 Å². The molecule has 0 heterocycles. The van der Waals surface area contributed by atoms with Gasteiger partial charge >= 0.3 is 0 Å². The first-order valence-corrected chi connectivity index (χ1v) is 9.36. The summed E-state index contributed by atoms with van der Waals surface area (Å²) in [5.41, 5.74) is 0.798. The Morgan fingerprint density at radius 1 is 1.14 bits per heavy atom. The van der Waals surface area contributed by atoms with Gasteiger partial charge in [0.05, 0.1) is 4.90 Å². The fourth-order valence-electron chi connectivity index (χ4n) is 1.96. The highest BCUT2D eigenvalue weighted by Crippen LogP contribution is 2.20. The molecule has 0 amide bonds. The summed E-state index contributed by atoms with van der Waals surface area (Å²) < 4.78 is 27.1. The van der Waals surface area contributed by atoms with Crippen LogP contribution in [0.3, 0.4) is 0 Å². The fourth-order valence-corrected chi connectivity index (χ4v) is 3.26. The number of unbranched alkanes of at least 4 members (excludes halogenated alkanes) is 3. The smallest absolute Gasteiger partial charge is 0.240 e. The number of hydrogen-bond acceptors (Lipinski definition) is 3. The van der Waals surface area contributed by atoms with Crippen molar-refractivity contribution in [2.75, 3.05) is 13.1 Å². The number of halogens is 1. The fraction of sp³-hybridized carbons (Fsp3) is 0.600. The highest BCUT2D eigenvalue weighted by atomic mass is 35.5. The largest absolute Gasteiger partial charge is 0.313 e. The molecule has 6 heteroatoms. The van der Waals surface area contributed by atoms with Gasteiger partial charge in [-0.15, -0.1) is 0 Å². The first-order chi connectivity index (χ1) is 10.0. The van der Waals surface area contributed by atoms with E-state index >= 15 is 0 Å². The van der Waals surface area contributed by atoms with E-state index < -0.39 is 10.0 Å². The summed E-state index contributed by atoms with van der Waals surface area (Å²) in [6.45, 7) is 5.97. The Morgan fingerprint density at radius 3 is 2.57 bits per heavy atom. The molecule has 0 radical (unpaired) electrons. The highest BCUT2D eigenvalue weighted by molar-refractivity contribution is 7.89. The Bertz CT molecular complexity index is 532. The third-order valence-corrected chi connectivity index (χ3v) is 5.04. The first kappa shape index (κ1) is 18.4. The van der Waals surface area contributed by atoms with Gasteiger partial charge in [-0.1, -0.05) is 44.7 Å². The van der Waals surface area contributed by atoms with Crippen LogP contribution in [-0.2, 0) is 16.6 Å². The van der Waals surface area contributed by atoms with Crippen molar-refractivity contribution in [1.82, 2.24) is 10.0 Å². The molecule has 0 aliphatic carbocycles. The molecule has 0 aromatic heterocycles. The van der Waals surface area contributed by atoms with Crippen LogP contribution in [0.1, 0.15) is 45.1 Å². The molecule has 0 atom stereocenters. The molecule has 120 valence electrons. The summed E-state index contributed by atoms with van der Waals surface area (Å²) in [6.07, 6.45) is 4.18. The lowest BCUT2D eigenvalue weighted by Gasteiger charge is -2.10. The van der Waals surface area contributed by atoms with Gasteiger partial charge in [0, 0.05) is 18.1 Å². The van der Waals surface area contributed by atoms with E-state index in [2.05, 4.69) is 17.0 Å². The van der Waals surface area contributed by atoms with Crippen molar-refractivity contribution in [2.24, 2.45) is 0 Å². The van der Waals surface area contributed by atoms with Gasteiger partial charge in [0.1, 0.15) is 0 Å². The molecule has 0 saturated heterocycles. The Labute approximate surface area is 133 Å². The molecular formula is C15H25ClN2O2S. The van der Waals surface area contributed by atoms with Crippen molar-refractivity contribution in [3.63, 3.8) is 0 Å². The predicted molar refractivity (Wildman–Crippen MR) is 88.2 cm³/mol. The Balaban J connectivity index is 2.69. The highest BCUT2D eigenvalue weighted by Gasteiger charge is 2.15. The van der Waals surface area contributed by atoms with E-state index in [0.717, 1.165) is 37.8 Å². The van der Waals surface area contributed by atoms with E-state index in [4.69, 9.17) is 11.6 Å². The van der Waals surface area contributed by atoms with Gasteiger partial charge in [-0.25, -0.2) is 13.1 Å². The van der Waals surface area contributed by atoms with Crippen molar-refractivity contribution in [1.29, 1.82) is 0 Å². The quantitative estimate of drug-likeness (QED) is 0.646. The molecule has 0 fully saturated rings. The molecule has 2 N–H and O–H groups in total. The summed E-state index contributed by atoms with van der Waals surface area (Å²) >= 11 is 6.09. The standard InChI is InChI=1S/C15H25ClN2O2S/c1-3-5-6-7-10-18-21(19,20)14-8-9-15(16)13(11-14)12-17-4-2/h8-9,11,17-18H,3-7,10,12H2,1-2H3. The van der Waals surface area contributed by atoms with E-state index in [1.807, 2.05) is 6.92 Å². The molecule has 0 aliphatic heterocycles. The monoisotopic (exact) mass is 332 g/mol. The van der Waals surface area contributed by atoms with Crippen molar-refractivity contribution >= 4 is 21.6 Å². The molecular weight excluding hydrogens is 308 g/mol. The third kappa shape index (κ3) is 6.34. The van der Waals surface area contributed by atoms with Crippen LogP contribution in [0.5, 0.6) is 0 Å². The molecule has 4 nitrogen and oxygen atoms in total. The second-order valence-electron chi connectivity index (χ2n) is 4.99. The minimum absolute atomic E-state index is 0.273. The number of rotatable bonds is 10. The van der Waals surface area contributed by atoms with Crippen LogP contribution >= 0.6 is 11.6 Å². The van der Waals surface area contributed by atoms with Gasteiger partial charge < -0.3 is 5.32 Å². The topological polar surface area (TPSA) is 58.2 Å². The molecule has 0 aliphatic rings. The molecule has 0 spiro atoms. The van der Waals surface area contributed by atoms with Crippen molar-refractivity contribution in [3.8, 4) is 0 Å². The average Bonchev–Trinajstić information content (AvgIpc) is 2.46. The van der Waals surface area contributed by atoms with Crippen LogP contribution in [0.25, 0.3) is 0 Å². The van der Waals surface area contributed by atoms with Crippen molar-refractivity contribution in [2.45, 2.75) is 51.0 Å². The van der Waals surface area contributed by atoms with Crippen LogP contribution in [0.15, 0.2) is 23.1 Å². The maximum Gasteiger partial charge on any atom is 0.240 e. The van der Waals surface area contributed by atoms with E-state index in [9.17, 15) is 8.42 Å². The molecule has 1 rings (SSSR count). The van der Waals surface area contributed by atoms with Crippen LogP contribution in [-0.4, -0.2) is 21.5 Å². The predicted octanol–water partition coefficient (Wildman–Crippen LogP) is 3.31. The van der Waals surface area contributed by atoms with Gasteiger partial charge in [-0.05, 0) is 36.7 Å². The maximum absolute atomic E-state index is 12.2. The Kier molecular flexibility index (Phi) is 8.26. The summed E-state index contributed by atoms with van der Waals surface area (Å²) in [6, 6.07) is 4.82. The second-order valence-corrected chi connectivity index (χ2v) is 7.17. The summed E-state index contributed by atoms with van der Waals surface area (Å²) in [5.74, 6) is 0. The number of benzene rings is 1. The van der Waals surface area contributed by atoms with Gasteiger partial charge in [0.25, 0.3) is 0 Å². The Morgan fingerprint density at radius 2 is 1.90 bits per heavy atom. The normalized spacial score (nSPS) is 11.8. The summed E-state index contributed by atoms with van der Waals surface area (Å²) in [4.78, 5) is 0.273. The van der Waals surface area contributed by atoms with E-state index in [1.165, 1.54) is 0 Å². The minimum Gasteiger partial charge on any atom is -0.313 e. The maximum atomic E-state index is 12.2. The number of sulfonamides is 1. The Hall–Kier alpha value is -0.620. The van der Waals surface area contributed by atoms with Crippen LogP contribution in [0, 0.1) is 0 Å². The molecule has 0 saturated carbocycles. The number of nitrogens with one attached hydrogen (secondary N) is 2. The first-order valence-electron chi connectivity index (χ1n) is 7.50. The SMILES string of the molecule is CCCCCCNS(=O)(=O)c1ccc(Cl)c(CNCC)c1. The zero-order valence-electron chi connectivity index (χ0n) is 12.8. The van der Waals surface area contributed by atoms with Crippen molar-refractivity contribution in [3.05, 3.63) is 28.8 Å². The molecule has 1 aromatic rings.